The van der Waals surface area contributed by atoms with E-state index >= 15 is 0 Å². The molecule has 17 heavy (non-hydrogen) atoms. The monoisotopic (exact) mass is 230 g/mol. The number of nitrogens with two attached hydrogens (primary N) is 1. The molecule has 0 radical (unpaired) electrons. The van der Waals surface area contributed by atoms with Crippen LogP contribution in [0.3, 0.4) is 0 Å². The molecule has 2 N–H and O–H groups in total. The predicted molar refractivity (Wildman–Crippen MR) is 69.5 cm³/mol. The number of rotatable bonds is 4. The fourth-order valence-electron chi connectivity index (χ4n) is 1.82. The van der Waals surface area contributed by atoms with Crippen LogP contribution in [0.1, 0.15) is 16.9 Å². The predicted octanol–water partition coefficient (Wildman–Crippen LogP) is 2.80. The first kappa shape index (κ1) is 11.7. The van der Waals surface area contributed by atoms with Gasteiger partial charge in [0.05, 0.1) is 12.8 Å². The number of furan rings is 1. The van der Waals surface area contributed by atoms with Gasteiger partial charge in [0.25, 0.3) is 0 Å². The van der Waals surface area contributed by atoms with Crippen LogP contribution in [-0.2, 0) is 13.1 Å². The van der Waals surface area contributed by atoms with E-state index in [9.17, 15) is 0 Å². The molecule has 0 aliphatic carbocycles. The van der Waals surface area contributed by atoms with Crippen LogP contribution in [0.2, 0.25) is 0 Å². The first-order valence-electron chi connectivity index (χ1n) is 5.71. The van der Waals surface area contributed by atoms with E-state index in [1.165, 1.54) is 5.56 Å². The Morgan fingerprint density at radius 1 is 1.24 bits per heavy atom. The highest BCUT2D eigenvalue weighted by molar-refractivity contribution is 5.48. The molecular weight excluding hydrogens is 212 g/mol. The van der Waals surface area contributed by atoms with Crippen molar-refractivity contribution in [3.63, 3.8) is 0 Å². The molecule has 2 rings (SSSR count). The molecule has 2 aromatic rings. The average Bonchev–Trinajstić information content (AvgIpc) is 2.76. The Morgan fingerprint density at radius 2 is 2.06 bits per heavy atom. The number of nitrogens with zero attached hydrogens (tertiary/aromatic N) is 1. The largest absolute Gasteiger partial charge is 0.468 e. The summed E-state index contributed by atoms with van der Waals surface area (Å²) in [6, 6.07) is 10.1. The molecule has 90 valence electrons. The minimum atomic E-state index is 0.806. The van der Waals surface area contributed by atoms with Crippen molar-refractivity contribution in [2.75, 3.05) is 12.8 Å². The van der Waals surface area contributed by atoms with E-state index in [0.29, 0.717) is 0 Å². The second kappa shape index (κ2) is 5.06. The van der Waals surface area contributed by atoms with Crippen LogP contribution >= 0.6 is 0 Å². The summed E-state index contributed by atoms with van der Waals surface area (Å²) in [6.07, 6.45) is 1.70. The van der Waals surface area contributed by atoms with Gasteiger partial charge in [0.15, 0.2) is 0 Å². The maximum absolute atomic E-state index is 5.90. The summed E-state index contributed by atoms with van der Waals surface area (Å²) in [5, 5.41) is 0. The number of hydrogen-bond donors (Lipinski definition) is 1. The zero-order chi connectivity index (χ0) is 12.3. The molecule has 0 saturated carbocycles. The zero-order valence-corrected chi connectivity index (χ0v) is 10.3. The first-order valence-corrected chi connectivity index (χ1v) is 5.71. The van der Waals surface area contributed by atoms with Crippen molar-refractivity contribution < 1.29 is 4.42 Å². The second-order valence-corrected chi connectivity index (χ2v) is 4.44. The summed E-state index contributed by atoms with van der Waals surface area (Å²) in [5.74, 6) is 0.979. The highest BCUT2D eigenvalue weighted by atomic mass is 16.3. The van der Waals surface area contributed by atoms with Crippen molar-refractivity contribution in [3.8, 4) is 0 Å². The number of benzene rings is 1. The Bertz CT molecular complexity index is 477. The van der Waals surface area contributed by atoms with Gasteiger partial charge in [-0.1, -0.05) is 12.1 Å². The maximum atomic E-state index is 5.90. The minimum absolute atomic E-state index is 0.806. The second-order valence-electron chi connectivity index (χ2n) is 4.44. The summed E-state index contributed by atoms with van der Waals surface area (Å²) in [4.78, 5) is 2.20. The molecule has 3 nitrogen and oxygen atoms in total. The van der Waals surface area contributed by atoms with Crippen molar-refractivity contribution >= 4 is 5.69 Å². The molecule has 0 atom stereocenters. The number of hydrogen-bond acceptors (Lipinski definition) is 3. The van der Waals surface area contributed by atoms with E-state index in [2.05, 4.69) is 24.1 Å². The highest BCUT2D eigenvalue weighted by Gasteiger charge is 2.04. The molecule has 0 spiro atoms. The molecule has 0 saturated heterocycles. The van der Waals surface area contributed by atoms with Gasteiger partial charge in [0.2, 0.25) is 0 Å². The third-order valence-corrected chi connectivity index (χ3v) is 2.80. The fourth-order valence-corrected chi connectivity index (χ4v) is 1.82. The van der Waals surface area contributed by atoms with Gasteiger partial charge >= 0.3 is 0 Å². The molecule has 3 heteroatoms. The molecule has 1 aromatic heterocycles. The van der Waals surface area contributed by atoms with Crippen LogP contribution in [0.4, 0.5) is 5.69 Å². The van der Waals surface area contributed by atoms with Gasteiger partial charge in [-0.15, -0.1) is 0 Å². The Hall–Kier alpha value is -1.74. The normalized spacial score (nSPS) is 11.0. The van der Waals surface area contributed by atoms with E-state index in [-0.39, 0.29) is 0 Å². The number of anilines is 1. The van der Waals surface area contributed by atoms with Gasteiger partial charge < -0.3 is 10.2 Å². The molecule has 0 unspecified atom stereocenters. The van der Waals surface area contributed by atoms with Gasteiger partial charge in [-0.05, 0) is 43.3 Å². The summed E-state index contributed by atoms with van der Waals surface area (Å²) in [6.45, 7) is 3.69. The number of nitrogen functional groups attached to an aromatic ring is 1. The quantitative estimate of drug-likeness (QED) is 0.821. The van der Waals surface area contributed by atoms with Crippen LogP contribution in [-0.4, -0.2) is 11.9 Å². The lowest BCUT2D eigenvalue weighted by Gasteiger charge is -2.15. The molecule has 0 fully saturated rings. The fraction of sp³-hybridized carbons (Fsp3) is 0.286. The Balaban J connectivity index is 1.98. The highest BCUT2D eigenvalue weighted by Crippen LogP contribution is 2.15. The summed E-state index contributed by atoms with van der Waals surface area (Å²) in [7, 11) is 2.07. The standard InChI is InChI=1S/C14H18N2O/c1-11-5-6-12(8-14(11)15)9-16(2)10-13-4-3-7-17-13/h3-8H,9-10,15H2,1-2H3. The molecule has 1 heterocycles. The molecule has 1 aromatic carbocycles. The molecule has 0 bridgehead atoms. The first-order chi connectivity index (χ1) is 8.15. The number of aryl methyl sites for hydroxylation is 1. The van der Waals surface area contributed by atoms with Crippen LogP contribution in [0.15, 0.2) is 41.0 Å². The van der Waals surface area contributed by atoms with Crippen molar-refractivity contribution in [1.29, 1.82) is 0 Å². The van der Waals surface area contributed by atoms with E-state index < -0.39 is 0 Å². The Labute approximate surface area is 102 Å². The summed E-state index contributed by atoms with van der Waals surface area (Å²) >= 11 is 0. The van der Waals surface area contributed by atoms with Crippen molar-refractivity contribution in [1.82, 2.24) is 4.90 Å². The van der Waals surface area contributed by atoms with Crippen LogP contribution in [0, 0.1) is 6.92 Å². The zero-order valence-electron chi connectivity index (χ0n) is 10.3. The van der Waals surface area contributed by atoms with Crippen LogP contribution in [0.25, 0.3) is 0 Å². The third kappa shape index (κ3) is 3.11. The Morgan fingerprint density at radius 3 is 2.71 bits per heavy atom. The van der Waals surface area contributed by atoms with Gasteiger partial charge in [-0.2, -0.15) is 0 Å². The van der Waals surface area contributed by atoms with E-state index in [0.717, 1.165) is 30.1 Å². The Kier molecular flexibility index (Phi) is 3.49. The van der Waals surface area contributed by atoms with E-state index in [1.807, 2.05) is 25.1 Å². The van der Waals surface area contributed by atoms with Gasteiger partial charge in [0.1, 0.15) is 5.76 Å². The van der Waals surface area contributed by atoms with Crippen LogP contribution in [0.5, 0.6) is 0 Å². The lowest BCUT2D eigenvalue weighted by Crippen LogP contribution is -2.16. The van der Waals surface area contributed by atoms with Gasteiger partial charge in [-0.25, -0.2) is 0 Å². The van der Waals surface area contributed by atoms with Crippen molar-refractivity contribution in [3.05, 3.63) is 53.5 Å². The van der Waals surface area contributed by atoms with Gasteiger partial charge in [0, 0.05) is 12.2 Å². The third-order valence-electron chi connectivity index (χ3n) is 2.80. The maximum Gasteiger partial charge on any atom is 0.117 e. The minimum Gasteiger partial charge on any atom is -0.468 e. The lowest BCUT2D eigenvalue weighted by atomic mass is 10.1. The van der Waals surface area contributed by atoms with Gasteiger partial charge in [-0.3, -0.25) is 4.90 Å². The average molecular weight is 230 g/mol. The smallest absolute Gasteiger partial charge is 0.117 e. The summed E-state index contributed by atoms with van der Waals surface area (Å²) in [5.41, 5.74) is 9.10. The van der Waals surface area contributed by atoms with Crippen molar-refractivity contribution in [2.24, 2.45) is 0 Å². The molecule has 0 aliphatic heterocycles. The van der Waals surface area contributed by atoms with Crippen molar-refractivity contribution in [2.45, 2.75) is 20.0 Å². The molecule has 0 amide bonds. The SMILES string of the molecule is Cc1ccc(CN(C)Cc2ccco2)cc1N. The van der Waals surface area contributed by atoms with E-state index in [1.54, 1.807) is 6.26 Å². The van der Waals surface area contributed by atoms with Crippen LogP contribution < -0.4 is 5.73 Å². The van der Waals surface area contributed by atoms with E-state index in [4.69, 9.17) is 10.2 Å². The lowest BCUT2D eigenvalue weighted by molar-refractivity contribution is 0.288. The molecular formula is C14H18N2O. The summed E-state index contributed by atoms with van der Waals surface area (Å²) < 4.78 is 5.32. The topological polar surface area (TPSA) is 42.4 Å². The molecule has 0 aliphatic rings.